The minimum atomic E-state index is -5.46. The Morgan fingerprint density at radius 2 is 2.04 bits per heavy atom. The Labute approximate surface area is 151 Å². The summed E-state index contributed by atoms with van der Waals surface area (Å²) in [4.78, 5) is 11.7. The van der Waals surface area contributed by atoms with Crippen LogP contribution in [0.25, 0.3) is 0 Å². The van der Waals surface area contributed by atoms with E-state index >= 15 is 0 Å². The molecule has 25 heavy (non-hydrogen) atoms. The molecule has 0 unspecified atom stereocenters. The summed E-state index contributed by atoms with van der Waals surface area (Å²) in [6.07, 6.45) is 4.78. The number of hydrogen-bond acceptors (Lipinski definition) is 3. The molecule has 1 saturated carbocycles. The Morgan fingerprint density at radius 1 is 1.36 bits per heavy atom. The number of carbonyl (C=O) groups excluding carboxylic acids is 1. The maximum Gasteiger partial charge on any atom is 0.501 e. The van der Waals surface area contributed by atoms with Gasteiger partial charge >= 0.3 is 5.51 Å². The van der Waals surface area contributed by atoms with E-state index in [-0.39, 0.29) is 29.3 Å². The van der Waals surface area contributed by atoms with Crippen LogP contribution in [0.1, 0.15) is 13.3 Å². The van der Waals surface area contributed by atoms with E-state index < -0.39 is 24.6 Å². The van der Waals surface area contributed by atoms with Crippen LogP contribution in [0.4, 0.5) is 18.9 Å². The highest BCUT2D eigenvalue weighted by Crippen LogP contribution is 2.55. The highest BCUT2D eigenvalue weighted by Gasteiger charge is 2.55. The fourth-order valence-electron chi connectivity index (χ4n) is 3.61. The number of fused-ring (bicyclic) bond motifs is 2. The third-order valence-corrected chi connectivity index (χ3v) is 7.45. The van der Waals surface area contributed by atoms with Crippen molar-refractivity contribution in [3.63, 3.8) is 0 Å². The van der Waals surface area contributed by atoms with Crippen molar-refractivity contribution in [2.75, 3.05) is 5.32 Å². The van der Waals surface area contributed by atoms with Crippen LogP contribution in [-0.2, 0) is 14.6 Å². The van der Waals surface area contributed by atoms with Gasteiger partial charge in [-0.05, 0) is 36.5 Å². The molecule has 4 nitrogen and oxygen atoms in total. The minimum Gasteiger partial charge on any atom is -0.326 e. The van der Waals surface area contributed by atoms with E-state index in [9.17, 15) is 26.4 Å². The Balaban J connectivity index is 1.84. The molecule has 1 N–H and O–H groups in total. The van der Waals surface area contributed by atoms with Crippen molar-refractivity contribution in [3.8, 4) is 0 Å². The summed E-state index contributed by atoms with van der Waals surface area (Å²) in [5, 5.41) is 2.55. The summed E-state index contributed by atoms with van der Waals surface area (Å²) in [6.45, 7) is 1.95. The second kappa shape index (κ2) is 5.84. The molecule has 1 amide bonds. The lowest BCUT2D eigenvalue weighted by Crippen LogP contribution is -2.38. The SMILES string of the molecule is C[C@H]1[C@@H](C(=O)Nc2cccc(S(=O)(=O)C(F)(F)F)c2)[C@]2(Br)C=C[C@H]1C2. The molecule has 4 atom stereocenters. The topological polar surface area (TPSA) is 63.2 Å². The van der Waals surface area contributed by atoms with Crippen LogP contribution in [0.15, 0.2) is 41.3 Å². The van der Waals surface area contributed by atoms with Gasteiger partial charge in [-0.2, -0.15) is 13.2 Å². The molecule has 2 aliphatic carbocycles. The number of amides is 1. The molecule has 0 saturated heterocycles. The monoisotopic (exact) mass is 437 g/mol. The molecule has 0 aromatic heterocycles. The molecular weight excluding hydrogens is 423 g/mol. The molecule has 1 aromatic carbocycles. The van der Waals surface area contributed by atoms with Gasteiger partial charge in [-0.15, -0.1) is 0 Å². The van der Waals surface area contributed by atoms with Crippen molar-refractivity contribution < 1.29 is 26.4 Å². The number of carbonyl (C=O) groups is 1. The lowest BCUT2D eigenvalue weighted by Gasteiger charge is -2.29. The van der Waals surface area contributed by atoms with Crippen LogP contribution in [0.5, 0.6) is 0 Å². The quantitative estimate of drug-likeness (QED) is 0.576. The molecule has 1 fully saturated rings. The van der Waals surface area contributed by atoms with Crippen molar-refractivity contribution >= 4 is 37.4 Å². The predicted molar refractivity (Wildman–Crippen MR) is 89.9 cm³/mol. The molecule has 3 rings (SSSR count). The maximum atomic E-state index is 12.7. The number of benzene rings is 1. The Kier molecular flexibility index (Phi) is 4.31. The van der Waals surface area contributed by atoms with Crippen LogP contribution >= 0.6 is 15.9 Å². The number of alkyl halides is 4. The summed E-state index contributed by atoms with van der Waals surface area (Å²) < 4.78 is 60.6. The van der Waals surface area contributed by atoms with E-state index in [1.165, 1.54) is 12.1 Å². The average Bonchev–Trinajstić information content (AvgIpc) is 2.99. The van der Waals surface area contributed by atoms with Crippen molar-refractivity contribution in [1.82, 2.24) is 0 Å². The van der Waals surface area contributed by atoms with Gasteiger partial charge in [0.05, 0.1) is 15.1 Å². The van der Waals surface area contributed by atoms with Crippen LogP contribution in [-0.4, -0.2) is 24.2 Å². The number of halogens is 4. The largest absolute Gasteiger partial charge is 0.501 e. The van der Waals surface area contributed by atoms with E-state index in [4.69, 9.17) is 0 Å². The van der Waals surface area contributed by atoms with E-state index in [2.05, 4.69) is 27.3 Å². The normalized spacial score (nSPS) is 31.3. The Morgan fingerprint density at radius 3 is 2.60 bits per heavy atom. The van der Waals surface area contributed by atoms with Crippen molar-refractivity contribution in [1.29, 1.82) is 0 Å². The van der Waals surface area contributed by atoms with Gasteiger partial charge in [0, 0.05) is 5.69 Å². The first kappa shape index (κ1) is 18.4. The first-order chi connectivity index (χ1) is 11.5. The summed E-state index contributed by atoms with van der Waals surface area (Å²) in [6, 6.07) is 4.22. The van der Waals surface area contributed by atoms with Crippen molar-refractivity contribution in [2.24, 2.45) is 17.8 Å². The van der Waals surface area contributed by atoms with Gasteiger partial charge in [-0.1, -0.05) is 41.1 Å². The predicted octanol–water partition coefficient (Wildman–Crippen LogP) is 3.89. The molecule has 136 valence electrons. The molecule has 0 radical (unpaired) electrons. The van der Waals surface area contributed by atoms with Gasteiger partial charge < -0.3 is 5.32 Å². The van der Waals surface area contributed by atoms with E-state index in [1.807, 2.05) is 13.0 Å². The number of hydrogen-bond donors (Lipinski definition) is 1. The van der Waals surface area contributed by atoms with Gasteiger partial charge in [-0.25, -0.2) is 8.42 Å². The zero-order valence-electron chi connectivity index (χ0n) is 13.0. The molecule has 0 spiro atoms. The number of rotatable bonds is 3. The molecule has 0 aliphatic heterocycles. The summed E-state index contributed by atoms with van der Waals surface area (Å²) in [5.41, 5.74) is -5.37. The zero-order valence-corrected chi connectivity index (χ0v) is 15.5. The van der Waals surface area contributed by atoms with Crippen LogP contribution in [0.3, 0.4) is 0 Å². The average molecular weight is 438 g/mol. The van der Waals surface area contributed by atoms with Crippen molar-refractivity contribution in [2.45, 2.75) is 28.1 Å². The highest BCUT2D eigenvalue weighted by molar-refractivity contribution is 9.10. The van der Waals surface area contributed by atoms with E-state index in [1.54, 1.807) is 0 Å². The first-order valence-corrected chi connectivity index (χ1v) is 9.84. The standard InChI is InChI=1S/C16H15BrF3NO3S/c1-9-10-5-6-15(17,8-10)13(9)14(22)21-11-3-2-4-12(7-11)25(23,24)16(18,19)20/h2-7,9-10,13H,8H2,1H3,(H,21,22)/t9-,10+,13+,15+/m1/s1. The van der Waals surface area contributed by atoms with Gasteiger partial charge in [0.15, 0.2) is 0 Å². The van der Waals surface area contributed by atoms with Gasteiger partial charge in [-0.3, -0.25) is 4.79 Å². The third-order valence-electron chi connectivity index (χ3n) is 4.89. The van der Waals surface area contributed by atoms with E-state index in [0.717, 1.165) is 18.6 Å². The fourth-order valence-corrected chi connectivity index (χ4v) is 5.57. The Bertz CT molecular complexity index is 852. The molecular formula is C16H15BrF3NO3S. The lowest BCUT2D eigenvalue weighted by atomic mass is 9.83. The van der Waals surface area contributed by atoms with E-state index in [0.29, 0.717) is 0 Å². The van der Waals surface area contributed by atoms with Crippen molar-refractivity contribution in [3.05, 3.63) is 36.4 Å². The summed E-state index contributed by atoms with van der Waals surface area (Å²) in [5.74, 6) is -0.387. The Hall–Kier alpha value is -1.35. The fraction of sp³-hybridized carbons (Fsp3) is 0.438. The van der Waals surface area contributed by atoms with Crippen LogP contribution in [0.2, 0.25) is 0 Å². The second-order valence-corrected chi connectivity index (χ2v) is 9.87. The molecule has 2 bridgehead atoms. The molecule has 0 heterocycles. The van der Waals surface area contributed by atoms with Gasteiger partial charge in [0.1, 0.15) is 0 Å². The second-order valence-electron chi connectivity index (χ2n) is 6.46. The first-order valence-electron chi connectivity index (χ1n) is 7.56. The third kappa shape index (κ3) is 3.01. The number of anilines is 1. The molecule has 1 aromatic rings. The number of sulfone groups is 1. The molecule has 9 heteroatoms. The van der Waals surface area contributed by atoms with Gasteiger partial charge in [0.25, 0.3) is 9.84 Å². The molecule has 2 aliphatic rings. The van der Waals surface area contributed by atoms with Gasteiger partial charge in [0.2, 0.25) is 5.91 Å². The number of nitrogens with one attached hydrogen (secondary N) is 1. The zero-order chi connectivity index (χ0) is 18.6. The van der Waals surface area contributed by atoms with Crippen LogP contribution in [0, 0.1) is 17.8 Å². The summed E-state index contributed by atoms with van der Waals surface area (Å²) >= 11 is 3.59. The highest BCUT2D eigenvalue weighted by atomic mass is 79.9. The minimum absolute atomic E-state index is 0.0189. The smallest absolute Gasteiger partial charge is 0.326 e. The summed E-state index contributed by atoms with van der Waals surface area (Å²) in [7, 11) is -5.46. The van der Waals surface area contributed by atoms with Crippen LogP contribution < -0.4 is 5.32 Å². The number of allylic oxidation sites excluding steroid dienone is 2. The maximum absolute atomic E-state index is 12.7. The lowest BCUT2D eigenvalue weighted by molar-refractivity contribution is -0.121.